The molecular weight excluding hydrogens is 618 g/mol. The smallest absolute Gasteiger partial charge is 0.202 e. The Morgan fingerprint density at radius 3 is 2.34 bits per heavy atom. The molecule has 14 nitrogen and oxygen atoms in total. The molecule has 9 N–H and O–H groups in total. The number of aliphatic hydroxyl groups excluding tert-OH is 3. The Kier molecular flexibility index (Phi) is 10.0. The van der Waals surface area contributed by atoms with Crippen LogP contribution in [0.3, 0.4) is 0 Å². The zero-order valence-electron chi connectivity index (χ0n) is 26.6. The summed E-state index contributed by atoms with van der Waals surface area (Å²) in [5.41, 5.74) is 3.00. The molecule has 14 heteroatoms. The van der Waals surface area contributed by atoms with E-state index in [2.05, 4.69) is 0 Å². The lowest BCUT2D eigenvalue weighted by Crippen LogP contribution is -2.55. The fourth-order valence-corrected chi connectivity index (χ4v) is 6.68. The first-order chi connectivity index (χ1) is 22.1. The summed E-state index contributed by atoms with van der Waals surface area (Å²) in [6.45, 7) is 5.99. The number of aromatic hydroxyl groups is 3. The number of carbonyl (C=O) groups excluding carboxylic acids is 2. The number of phenols is 3. The average molecular weight is 662 g/mol. The number of hydrogen-bond donors (Lipinski definition) is 8. The van der Waals surface area contributed by atoms with Crippen LogP contribution in [0.4, 0.5) is 0 Å². The molecule has 0 amide bonds. The third kappa shape index (κ3) is 6.49. The first-order valence-electron chi connectivity index (χ1n) is 15.7. The summed E-state index contributed by atoms with van der Waals surface area (Å²) in [5.74, 6) is -3.48. The molecule has 1 saturated heterocycles. The van der Waals surface area contributed by atoms with Gasteiger partial charge in [-0.2, -0.15) is 0 Å². The van der Waals surface area contributed by atoms with Gasteiger partial charge >= 0.3 is 0 Å². The third-order valence-corrected chi connectivity index (χ3v) is 9.19. The van der Waals surface area contributed by atoms with E-state index in [1.54, 1.807) is 20.8 Å². The predicted octanol–water partition coefficient (Wildman–Crippen LogP) is 1.04. The maximum Gasteiger partial charge on any atom is 0.202 e. The number of aliphatic hydroxyl groups is 4. The molecule has 0 bridgehead atoms. The van der Waals surface area contributed by atoms with E-state index in [0.29, 0.717) is 0 Å². The fraction of sp³-hybridized carbons (Fsp3) is 0.576. The van der Waals surface area contributed by atoms with Gasteiger partial charge in [0.2, 0.25) is 5.78 Å². The number of ether oxygens (including phenoxy) is 4. The van der Waals surface area contributed by atoms with Crippen molar-refractivity contribution < 1.29 is 64.3 Å². The van der Waals surface area contributed by atoms with Crippen LogP contribution in [0.15, 0.2) is 18.2 Å². The van der Waals surface area contributed by atoms with Crippen LogP contribution in [-0.4, -0.2) is 109 Å². The summed E-state index contributed by atoms with van der Waals surface area (Å²) < 4.78 is 24.2. The van der Waals surface area contributed by atoms with E-state index in [1.165, 1.54) is 25.1 Å². The van der Waals surface area contributed by atoms with Crippen LogP contribution in [0.2, 0.25) is 0 Å². The molecule has 2 aromatic carbocycles. The molecule has 2 aliphatic carbocycles. The lowest BCUT2D eigenvalue weighted by Gasteiger charge is -2.44. The quantitative estimate of drug-likeness (QED) is 0.112. The molecule has 0 saturated carbocycles. The van der Waals surface area contributed by atoms with Gasteiger partial charge in [0, 0.05) is 48.4 Å². The Morgan fingerprint density at radius 2 is 1.72 bits per heavy atom. The topological polar surface area (TPSA) is 239 Å². The molecule has 0 aromatic heterocycles. The van der Waals surface area contributed by atoms with Crippen LogP contribution in [-0.2, 0) is 25.4 Å². The van der Waals surface area contributed by atoms with Gasteiger partial charge in [0.25, 0.3) is 0 Å². The van der Waals surface area contributed by atoms with Gasteiger partial charge in [0.05, 0.1) is 59.4 Å². The van der Waals surface area contributed by atoms with Gasteiger partial charge in [-0.05, 0) is 33.8 Å². The van der Waals surface area contributed by atoms with E-state index >= 15 is 0 Å². The molecule has 47 heavy (non-hydrogen) atoms. The highest BCUT2D eigenvalue weighted by Crippen LogP contribution is 2.53. The SMILES string of the molecule is C[C@H](O)C[C@@H](O[C@@H]1[C@H](C)O[C@@H](O[C@H]2C[C@](O)([C@@H](C)O)Cc3c(O)c4c(c(O)c32)C(=O)c2c(O)cccc2C4=O)C[C@@H]1N)O[C@H](C)CO. The number of ketones is 2. The number of benzene rings is 2. The molecule has 258 valence electrons. The maximum absolute atomic E-state index is 13.6. The third-order valence-electron chi connectivity index (χ3n) is 9.19. The number of carbonyl (C=O) groups is 2. The van der Waals surface area contributed by atoms with Crippen molar-refractivity contribution in [3.63, 3.8) is 0 Å². The van der Waals surface area contributed by atoms with Crippen molar-refractivity contribution in [2.24, 2.45) is 5.73 Å². The van der Waals surface area contributed by atoms with Crippen LogP contribution in [0.25, 0.3) is 0 Å². The normalized spacial score (nSPS) is 29.8. The van der Waals surface area contributed by atoms with Gasteiger partial charge in [0.1, 0.15) is 23.4 Å². The number of fused-ring (bicyclic) bond motifs is 3. The van der Waals surface area contributed by atoms with Crippen LogP contribution in [0.1, 0.15) is 96.0 Å². The highest BCUT2D eigenvalue weighted by Gasteiger charge is 2.49. The summed E-state index contributed by atoms with van der Waals surface area (Å²) in [5, 5.41) is 74.9. The second-order valence-electron chi connectivity index (χ2n) is 12.9. The standard InChI is InChI=1S/C33H43NO13/c1-13(36)8-22(44-14(2)12-35)47-32-15(3)45-23(9-19(32)34)46-21-11-33(43,16(4)37)10-18-25(21)31(42)27-26(29(18)40)28(39)17-6-5-7-20(38)24(17)30(27)41/h5-7,13-16,19,21-23,32,35-38,40,42-43H,8-12,34H2,1-4H3/t13-,14+,15-,16+,19-,21-,22+,23-,32+,33-/m0/s1. The number of hydrogen-bond acceptors (Lipinski definition) is 14. The van der Waals surface area contributed by atoms with Crippen LogP contribution < -0.4 is 5.73 Å². The summed E-state index contributed by atoms with van der Waals surface area (Å²) >= 11 is 0. The fourth-order valence-electron chi connectivity index (χ4n) is 6.68. The minimum atomic E-state index is -1.88. The van der Waals surface area contributed by atoms with Gasteiger partial charge < -0.3 is 60.4 Å². The van der Waals surface area contributed by atoms with Gasteiger partial charge in [0.15, 0.2) is 18.4 Å². The van der Waals surface area contributed by atoms with E-state index in [4.69, 9.17) is 24.7 Å². The second kappa shape index (κ2) is 13.4. The predicted molar refractivity (Wildman–Crippen MR) is 163 cm³/mol. The van der Waals surface area contributed by atoms with E-state index < -0.39 is 101 Å². The molecule has 2 aromatic rings. The van der Waals surface area contributed by atoms with Crippen LogP contribution in [0.5, 0.6) is 17.2 Å². The van der Waals surface area contributed by atoms with E-state index in [0.717, 1.165) is 0 Å². The summed E-state index contributed by atoms with van der Waals surface area (Å²) in [6, 6.07) is 3.22. The van der Waals surface area contributed by atoms with Crippen molar-refractivity contribution in [1.29, 1.82) is 0 Å². The zero-order valence-corrected chi connectivity index (χ0v) is 26.6. The molecule has 0 unspecified atom stereocenters. The summed E-state index contributed by atoms with van der Waals surface area (Å²) in [4.78, 5) is 27.1. The maximum atomic E-state index is 13.6. The van der Waals surface area contributed by atoms with Crippen LogP contribution >= 0.6 is 0 Å². The molecule has 1 heterocycles. The highest BCUT2D eigenvalue weighted by atomic mass is 16.7. The second-order valence-corrected chi connectivity index (χ2v) is 12.9. The van der Waals surface area contributed by atoms with Crippen molar-refractivity contribution in [2.45, 2.75) is 114 Å². The molecule has 5 rings (SSSR count). The molecule has 0 spiro atoms. The van der Waals surface area contributed by atoms with Crippen LogP contribution in [0, 0.1) is 0 Å². The largest absolute Gasteiger partial charge is 0.507 e. The monoisotopic (exact) mass is 661 g/mol. The molecule has 1 fully saturated rings. The van der Waals surface area contributed by atoms with E-state index in [-0.39, 0.29) is 54.5 Å². The number of phenolic OH excluding ortho intramolecular Hbond substituents is 3. The van der Waals surface area contributed by atoms with E-state index in [1.807, 2.05) is 0 Å². The Hall–Kier alpha value is -3.18. The summed E-state index contributed by atoms with van der Waals surface area (Å²) in [7, 11) is 0. The van der Waals surface area contributed by atoms with Crippen molar-refractivity contribution >= 4 is 11.6 Å². The average Bonchev–Trinajstić information content (AvgIpc) is 2.98. The van der Waals surface area contributed by atoms with Gasteiger partial charge in [-0.25, -0.2) is 0 Å². The number of nitrogens with two attached hydrogens (primary N) is 1. The molecule has 1 aliphatic heterocycles. The minimum absolute atomic E-state index is 0.0429. The Morgan fingerprint density at radius 1 is 1.04 bits per heavy atom. The highest BCUT2D eigenvalue weighted by molar-refractivity contribution is 6.31. The molecule has 3 aliphatic rings. The first kappa shape index (κ1) is 35.1. The molecular formula is C33H43NO13. The Labute approximate surface area is 271 Å². The Balaban J connectivity index is 1.48. The van der Waals surface area contributed by atoms with Crippen molar-refractivity contribution in [1.82, 2.24) is 0 Å². The summed E-state index contributed by atoms with van der Waals surface area (Å²) in [6.07, 6.45) is -7.85. The first-order valence-corrected chi connectivity index (χ1v) is 15.7. The Bertz CT molecular complexity index is 1510. The van der Waals surface area contributed by atoms with Gasteiger partial charge in [-0.3, -0.25) is 9.59 Å². The lowest BCUT2D eigenvalue weighted by molar-refractivity contribution is -0.286. The van der Waals surface area contributed by atoms with Crippen molar-refractivity contribution in [3.8, 4) is 17.2 Å². The zero-order chi connectivity index (χ0) is 34.5. The van der Waals surface area contributed by atoms with Crippen molar-refractivity contribution in [2.75, 3.05) is 6.61 Å². The number of rotatable bonds is 10. The van der Waals surface area contributed by atoms with Gasteiger partial charge in [-0.1, -0.05) is 12.1 Å². The van der Waals surface area contributed by atoms with E-state index in [9.17, 15) is 45.3 Å². The lowest BCUT2D eigenvalue weighted by atomic mass is 9.71. The minimum Gasteiger partial charge on any atom is -0.507 e. The van der Waals surface area contributed by atoms with Crippen molar-refractivity contribution in [3.05, 3.63) is 51.6 Å². The van der Waals surface area contributed by atoms with Gasteiger partial charge in [-0.15, -0.1) is 0 Å². The molecule has 10 atom stereocenters. The molecule has 0 radical (unpaired) electrons.